The van der Waals surface area contributed by atoms with E-state index in [9.17, 15) is 14.9 Å². The lowest BCUT2D eigenvalue weighted by Gasteiger charge is -2.24. The highest BCUT2D eigenvalue weighted by molar-refractivity contribution is 5.84. The molecule has 7 heteroatoms. The monoisotopic (exact) mass is 389 g/mol. The van der Waals surface area contributed by atoms with Crippen LogP contribution in [-0.4, -0.2) is 36.3 Å². The molecule has 1 rings (SSSR count). The highest BCUT2D eigenvalue weighted by atomic mass is 16.6. The van der Waals surface area contributed by atoms with Crippen molar-refractivity contribution in [3.63, 3.8) is 0 Å². The van der Waals surface area contributed by atoms with Crippen molar-refractivity contribution in [2.24, 2.45) is 5.92 Å². The zero-order valence-corrected chi connectivity index (χ0v) is 17.3. The largest absolute Gasteiger partial charge is 0.436 e. The summed E-state index contributed by atoms with van der Waals surface area (Å²) in [5.41, 5.74) is 0.501. The van der Waals surface area contributed by atoms with Crippen LogP contribution in [0.5, 0.6) is 0 Å². The van der Waals surface area contributed by atoms with Crippen molar-refractivity contribution in [3.05, 3.63) is 35.9 Å². The smallest absolute Gasteiger partial charge is 0.408 e. The summed E-state index contributed by atoms with van der Waals surface area (Å²) in [6.07, 6.45) is -1.29. The summed E-state index contributed by atoms with van der Waals surface area (Å²) in [5, 5.41) is 14.6. The normalized spacial score (nSPS) is 13.3. The minimum absolute atomic E-state index is 0.0414. The molecule has 0 saturated heterocycles. The Morgan fingerprint density at radius 2 is 1.82 bits per heavy atom. The zero-order valence-electron chi connectivity index (χ0n) is 17.3. The number of hydrogen-bond donors (Lipinski definition) is 2. The van der Waals surface area contributed by atoms with Crippen LogP contribution in [0.2, 0.25) is 0 Å². The number of amides is 2. The van der Waals surface area contributed by atoms with Crippen LogP contribution in [-0.2, 0) is 20.9 Å². The molecule has 7 nitrogen and oxygen atoms in total. The van der Waals surface area contributed by atoms with E-state index in [1.807, 2.05) is 71.0 Å². The summed E-state index contributed by atoms with van der Waals surface area (Å²) in [6.45, 7) is 9.70. The number of nitrogens with one attached hydrogen (secondary N) is 2. The lowest BCUT2D eigenvalue weighted by molar-refractivity contribution is -0.131. The van der Waals surface area contributed by atoms with Crippen LogP contribution in [0.1, 0.15) is 46.6 Å². The molecule has 0 aliphatic carbocycles. The fourth-order valence-electron chi connectivity index (χ4n) is 2.35. The topological polar surface area (TPSA) is 100 Å². The van der Waals surface area contributed by atoms with E-state index in [0.717, 1.165) is 5.56 Å². The molecular formula is C21H31N3O4. The summed E-state index contributed by atoms with van der Waals surface area (Å²) >= 11 is 0. The van der Waals surface area contributed by atoms with E-state index in [4.69, 9.17) is 9.47 Å². The molecule has 0 radical (unpaired) electrons. The SMILES string of the molecule is CC(C)C[C@H](OC(=O)NC(C)(C)C)C(=O)N[C@H](C#N)COCc1ccccc1. The summed E-state index contributed by atoms with van der Waals surface area (Å²) in [5.74, 6) is -0.374. The molecule has 0 aliphatic rings. The van der Waals surface area contributed by atoms with Gasteiger partial charge in [-0.2, -0.15) is 5.26 Å². The van der Waals surface area contributed by atoms with Gasteiger partial charge >= 0.3 is 6.09 Å². The van der Waals surface area contributed by atoms with Crippen molar-refractivity contribution < 1.29 is 19.1 Å². The first-order valence-electron chi connectivity index (χ1n) is 9.41. The quantitative estimate of drug-likeness (QED) is 0.676. The van der Waals surface area contributed by atoms with Crippen LogP contribution >= 0.6 is 0 Å². The Morgan fingerprint density at radius 3 is 2.36 bits per heavy atom. The Hall–Kier alpha value is -2.59. The average molecular weight is 389 g/mol. The molecule has 0 unspecified atom stereocenters. The lowest BCUT2D eigenvalue weighted by Crippen LogP contribution is -2.48. The van der Waals surface area contributed by atoms with Gasteiger partial charge in [0, 0.05) is 5.54 Å². The Kier molecular flexibility index (Phi) is 9.46. The third-order valence-corrected chi connectivity index (χ3v) is 3.57. The Balaban J connectivity index is 2.60. The van der Waals surface area contributed by atoms with Crippen molar-refractivity contribution >= 4 is 12.0 Å². The molecule has 2 atom stereocenters. The van der Waals surface area contributed by atoms with Gasteiger partial charge in [-0.3, -0.25) is 4.79 Å². The molecule has 2 N–H and O–H groups in total. The molecule has 154 valence electrons. The summed E-state index contributed by atoms with van der Waals surface area (Å²) in [4.78, 5) is 24.6. The van der Waals surface area contributed by atoms with Gasteiger partial charge in [0.25, 0.3) is 5.91 Å². The Bertz CT molecular complexity index is 662. The third-order valence-electron chi connectivity index (χ3n) is 3.57. The van der Waals surface area contributed by atoms with Crippen molar-refractivity contribution in [2.45, 2.75) is 65.3 Å². The van der Waals surface area contributed by atoms with Crippen molar-refractivity contribution in [1.82, 2.24) is 10.6 Å². The number of carbonyl (C=O) groups excluding carboxylic acids is 2. The second-order valence-corrected chi connectivity index (χ2v) is 8.09. The maximum absolute atomic E-state index is 12.6. The fraction of sp³-hybridized carbons (Fsp3) is 0.571. The predicted octanol–water partition coefficient (Wildman–Crippen LogP) is 3.15. The van der Waals surface area contributed by atoms with Crippen LogP contribution in [0.4, 0.5) is 4.79 Å². The van der Waals surface area contributed by atoms with Gasteiger partial charge in [0.15, 0.2) is 6.10 Å². The number of ether oxygens (including phenoxy) is 2. The van der Waals surface area contributed by atoms with E-state index in [1.54, 1.807) is 0 Å². The predicted molar refractivity (Wildman–Crippen MR) is 106 cm³/mol. The first-order chi connectivity index (χ1) is 13.1. The number of carbonyl (C=O) groups is 2. The first kappa shape index (κ1) is 23.4. The molecular weight excluding hydrogens is 358 g/mol. The summed E-state index contributed by atoms with van der Waals surface area (Å²) in [7, 11) is 0. The molecule has 1 aromatic rings. The van der Waals surface area contributed by atoms with E-state index in [-0.39, 0.29) is 12.5 Å². The molecule has 0 saturated carbocycles. The van der Waals surface area contributed by atoms with E-state index >= 15 is 0 Å². The maximum atomic E-state index is 12.6. The van der Waals surface area contributed by atoms with Crippen molar-refractivity contribution in [3.8, 4) is 6.07 Å². The molecule has 0 heterocycles. The van der Waals surface area contributed by atoms with Gasteiger partial charge < -0.3 is 20.1 Å². The average Bonchev–Trinajstić information content (AvgIpc) is 2.59. The maximum Gasteiger partial charge on any atom is 0.408 e. The number of alkyl carbamates (subject to hydrolysis) is 1. The summed E-state index contributed by atoms with van der Waals surface area (Å²) in [6, 6.07) is 10.7. The second kappa shape index (κ2) is 11.3. The Morgan fingerprint density at radius 1 is 1.18 bits per heavy atom. The highest BCUT2D eigenvalue weighted by Gasteiger charge is 2.27. The molecule has 2 amide bonds. The number of rotatable bonds is 9. The fourth-order valence-corrected chi connectivity index (χ4v) is 2.35. The molecule has 28 heavy (non-hydrogen) atoms. The standard InChI is InChI=1S/C21H31N3O4/c1-15(2)11-18(28-20(26)24-21(3,4)5)19(25)23-17(12-22)14-27-13-16-9-7-6-8-10-16/h6-10,15,17-18H,11,13-14H2,1-5H3,(H,23,25)(H,24,26)/t17-,18+/m1/s1. The van der Waals surface area contributed by atoms with Gasteiger partial charge in [-0.15, -0.1) is 0 Å². The zero-order chi connectivity index (χ0) is 21.2. The summed E-state index contributed by atoms with van der Waals surface area (Å²) < 4.78 is 10.8. The number of hydrogen-bond acceptors (Lipinski definition) is 5. The van der Waals surface area contributed by atoms with Gasteiger partial charge in [-0.05, 0) is 38.7 Å². The van der Waals surface area contributed by atoms with Crippen molar-refractivity contribution in [2.75, 3.05) is 6.61 Å². The van der Waals surface area contributed by atoms with Gasteiger partial charge in [0.1, 0.15) is 6.04 Å². The number of nitrogens with zero attached hydrogens (tertiary/aromatic N) is 1. The molecule has 1 aromatic carbocycles. The Labute approximate surface area is 167 Å². The molecule has 0 fully saturated rings. The molecule has 0 aromatic heterocycles. The molecule has 0 bridgehead atoms. The van der Waals surface area contributed by atoms with E-state index in [1.165, 1.54) is 0 Å². The van der Waals surface area contributed by atoms with Gasteiger partial charge in [0.05, 0.1) is 19.3 Å². The molecule has 0 spiro atoms. The molecule has 0 aliphatic heterocycles. The number of benzene rings is 1. The van der Waals surface area contributed by atoms with E-state index in [2.05, 4.69) is 10.6 Å². The van der Waals surface area contributed by atoms with E-state index < -0.39 is 29.7 Å². The lowest BCUT2D eigenvalue weighted by atomic mass is 10.1. The van der Waals surface area contributed by atoms with Crippen LogP contribution in [0.25, 0.3) is 0 Å². The van der Waals surface area contributed by atoms with Crippen LogP contribution in [0.3, 0.4) is 0 Å². The minimum Gasteiger partial charge on any atom is -0.436 e. The van der Waals surface area contributed by atoms with Crippen LogP contribution in [0.15, 0.2) is 30.3 Å². The van der Waals surface area contributed by atoms with Gasteiger partial charge in [-0.25, -0.2) is 4.79 Å². The highest BCUT2D eigenvalue weighted by Crippen LogP contribution is 2.11. The second-order valence-electron chi connectivity index (χ2n) is 8.09. The van der Waals surface area contributed by atoms with Gasteiger partial charge in [0.2, 0.25) is 0 Å². The van der Waals surface area contributed by atoms with Crippen LogP contribution < -0.4 is 10.6 Å². The van der Waals surface area contributed by atoms with E-state index in [0.29, 0.717) is 13.0 Å². The van der Waals surface area contributed by atoms with Crippen molar-refractivity contribution in [1.29, 1.82) is 5.26 Å². The van der Waals surface area contributed by atoms with Crippen LogP contribution in [0, 0.1) is 17.2 Å². The third kappa shape index (κ3) is 9.93. The first-order valence-corrected chi connectivity index (χ1v) is 9.41. The number of nitriles is 1. The van der Waals surface area contributed by atoms with Gasteiger partial charge in [-0.1, -0.05) is 44.2 Å². The minimum atomic E-state index is -0.979.